The van der Waals surface area contributed by atoms with Gasteiger partial charge in [-0.2, -0.15) is 0 Å². The molecule has 3 atom stereocenters. The first-order chi connectivity index (χ1) is 17.3. The summed E-state index contributed by atoms with van der Waals surface area (Å²) in [5.41, 5.74) is 0.776. The average molecular weight is 493 g/mol. The molecule has 1 N–H and O–H groups in total. The molecule has 36 heavy (non-hydrogen) atoms. The molecule has 1 aromatic carbocycles. The second-order valence-electron chi connectivity index (χ2n) is 9.89. The van der Waals surface area contributed by atoms with Crippen LogP contribution in [0.3, 0.4) is 0 Å². The number of carbonyl (C=O) groups is 2. The van der Waals surface area contributed by atoms with Crippen molar-refractivity contribution in [3.05, 3.63) is 72.2 Å². The van der Waals surface area contributed by atoms with Crippen molar-refractivity contribution >= 4 is 18.0 Å². The van der Waals surface area contributed by atoms with Crippen molar-refractivity contribution < 1.29 is 23.5 Å². The smallest absolute Gasteiger partial charge is 0.303 e. The van der Waals surface area contributed by atoms with Gasteiger partial charge in [0.15, 0.2) is 0 Å². The molecule has 2 aliphatic rings. The first-order valence-electron chi connectivity index (χ1n) is 12.5. The molecule has 2 fully saturated rings. The Morgan fingerprint density at radius 3 is 2.83 bits per heavy atom. The maximum absolute atomic E-state index is 12.9. The summed E-state index contributed by atoms with van der Waals surface area (Å²) in [6.07, 6.45) is 9.64. The minimum atomic E-state index is -0.711. The summed E-state index contributed by atoms with van der Waals surface area (Å²) >= 11 is 0. The van der Waals surface area contributed by atoms with E-state index in [4.69, 9.17) is 13.9 Å². The Hall–Kier alpha value is -3.32. The van der Waals surface area contributed by atoms with E-state index >= 15 is 0 Å². The van der Waals surface area contributed by atoms with E-state index in [1.807, 2.05) is 37.3 Å². The van der Waals surface area contributed by atoms with Gasteiger partial charge < -0.3 is 19.2 Å². The Bertz CT molecular complexity index is 1140. The molecule has 0 spiro atoms. The SMILES string of the molecule is C=CCN1CC[C@@]2(c3cccc(OC)c3)C[C@@H](NC(=O)/C=C/c3ccoc3C)CC[C@]2(OC(C)=O)C1. The molecule has 7 nitrogen and oxygen atoms in total. The summed E-state index contributed by atoms with van der Waals surface area (Å²) in [6.45, 7) is 9.44. The van der Waals surface area contributed by atoms with Crippen LogP contribution in [-0.2, 0) is 19.7 Å². The van der Waals surface area contributed by atoms with Gasteiger partial charge >= 0.3 is 5.97 Å². The fraction of sp³-hybridized carbons (Fsp3) is 0.448. The third kappa shape index (κ3) is 5.12. The Morgan fingerprint density at radius 2 is 2.14 bits per heavy atom. The highest BCUT2D eigenvalue weighted by Gasteiger charge is 2.60. The third-order valence-electron chi connectivity index (χ3n) is 7.71. The Morgan fingerprint density at radius 1 is 1.31 bits per heavy atom. The van der Waals surface area contributed by atoms with Crippen molar-refractivity contribution in [1.29, 1.82) is 0 Å². The number of rotatable bonds is 8. The second-order valence-corrected chi connectivity index (χ2v) is 9.89. The van der Waals surface area contributed by atoms with Crippen LogP contribution in [0.2, 0.25) is 0 Å². The predicted molar refractivity (Wildman–Crippen MR) is 139 cm³/mol. The minimum absolute atomic E-state index is 0.0616. The van der Waals surface area contributed by atoms with E-state index in [-0.39, 0.29) is 17.9 Å². The minimum Gasteiger partial charge on any atom is -0.497 e. The number of piperidine rings is 1. The number of furan rings is 1. The van der Waals surface area contributed by atoms with Gasteiger partial charge in [-0.15, -0.1) is 6.58 Å². The molecule has 0 bridgehead atoms. The van der Waals surface area contributed by atoms with Crippen LogP contribution in [0.4, 0.5) is 0 Å². The maximum atomic E-state index is 12.9. The van der Waals surface area contributed by atoms with Gasteiger partial charge in [0.1, 0.15) is 17.1 Å². The average Bonchev–Trinajstić information content (AvgIpc) is 3.27. The van der Waals surface area contributed by atoms with Gasteiger partial charge in [0.05, 0.1) is 13.4 Å². The third-order valence-corrected chi connectivity index (χ3v) is 7.71. The summed E-state index contributed by atoms with van der Waals surface area (Å²) in [4.78, 5) is 27.6. The van der Waals surface area contributed by atoms with Crippen LogP contribution in [0, 0.1) is 6.92 Å². The maximum Gasteiger partial charge on any atom is 0.303 e. The Balaban J connectivity index is 1.66. The van der Waals surface area contributed by atoms with Crippen LogP contribution in [-0.4, -0.2) is 55.2 Å². The van der Waals surface area contributed by atoms with E-state index in [1.165, 1.54) is 6.92 Å². The molecule has 1 saturated heterocycles. The molecule has 2 heterocycles. The van der Waals surface area contributed by atoms with Crippen LogP contribution in [0.25, 0.3) is 6.08 Å². The normalized spacial score (nSPS) is 26.2. The van der Waals surface area contributed by atoms with Crippen molar-refractivity contribution in [2.75, 3.05) is 26.7 Å². The van der Waals surface area contributed by atoms with Crippen LogP contribution in [0.1, 0.15) is 49.5 Å². The van der Waals surface area contributed by atoms with E-state index < -0.39 is 11.0 Å². The number of nitrogens with one attached hydrogen (secondary N) is 1. The number of esters is 1. The number of carbonyl (C=O) groups excluding carboxylic acids is 2. The lowest BCUT2D eigenvalue weighted by Crippen LogP contribution is -2.68. The molecule has 1 aliphatic carbocycles. The number of methoxy groups -OCH3 is 1. The Kier molecular flexibility index (Phi) is 7.69. The van der Waals surface area contributed by atoms with Crippen molar-refractivity contribution in [2.24, 2.45) is 0 Å². The summed E-state index contributed by atoms with van der Waals surface area (Å²) in [6, 6.07) is 9.82. The molecule has 1 aliphatic heterocycles. The fourth-order valence-corrected chi connectivity index (χ4v) is 6.05. The number of hydrogen-bond acceptors (Lipinski definition) is 6. The zero-order chi connectivity index (χ0) is 25.8. The topological polar surface area (TPSA) is 81.0 Å². The lowest BCUT2D eigenvalue weighted by molar-refractivity contribution is -0.186. The van der Waals surface area contributed by atoms with Crippen LogP contribution < -0.4 is 10.1 Å². The highest BCUT2D eigenvalue weighted by molar-refractivity contribution is 5.92. The van der Waals surface area contributed by atoms with Gasteiger partial charge in [-0.1, -0.05) is 18.2 Å². The number of aryl methyl sites for hydroxylation is 1. The predicted octanol–water partition coefficient (Wildman–Crippen LogP) is 4.41. The molecule has 192 valence electrons. The van der Waals surface area contributed by atoms with Gasteiger partial charge in [0.25, 0.3) is 0 Å². The number of ether oxygens (including phenoxy) is 2. The number of nitrogens with zero attached hydrogens (tertiary/aromatic N) is 1. The molecule has 1 aromatic heterocycles. The van der Waals surface area contributed by atoms with E-state index in [0.717, 1.165) is 42.1 Å². The summed E-state index contributed by atoms with van der Waals surface area (Å²) < 4.78 is 17.1. The van der Waals surface area contributed by atoms with Gasteiger partial charge in [-0.05, 0) is 69.0 Å². The molecule has 0 radical (unpaired) electrons. The fourth-order valence-electron chi connectivity index (χ4n) is 6.05. The number of benzene rings is 1. The van der Waals surface area contributed by atoms with Crippen LogP contribution in [0.5, 0.6) is 5.75 Å². The monoisotopic (exact) mass is 492 g/mol. The standard InChI is InChI=1S/C29H36N2O5/c1-5-15-31-16-14-28(24-7-6-8-26(18-24)34-4)19-25(11-13-29(28,20-31)36-22(3)32)30-27(33)10-9-23-12-17-35-21(23)2/h5-10,12,17-18,25H,1,11,13-16,19-20H2,2-4H3,(H,30,33)/b10-9+/t25-,28-,29-/m0/s1. The lowest BCUT2D eigenvalue weighted by Gasteiger charge is -2.59. The zero-order valence-corrected chi connectivity index (χ0v) is 21.4. The van der Waals surface area contributed by atoms with E-state index in [2.05, 4.69) is 22.9 Å². The first kappa shape index (κ1) is 25.8. The highest BCUT2D eigenvalue weighted by atomic mass is 16.6. The van der Waals surface area contributed by atoms with E-state index in [1.54, 1.807) is 25.5 Å². The number of amides is 1. The number of likely N-dealkylation sites (tertiary alicyclic amines) is 1. The lowest BCUT2D eigenvalue weighted by atomic mass is 9.55. The summed E-state index contributed by atoms with van der Waals surface area (Å²) in [5, 5.41) is 3.21. The largest absolute Gasteiger partial charge is 0.497 e. The molecule has 0 unspecified atom stereocenters. The molecule has 1 amide bonds. The van der Waals surface area contributed by atoms with E-state index in [9.17, 15) is 9.59 Å². The van der Waals surface area contributed by atoms with E-state index in [0.29, 0.717) is 25.8 Å². The van der Waals surface area contributed by atoms with Crippen molar-refractivity contribution in [1.82, 2.24) is 10.2 Å². The quantitative estimate of drug-likeness (QED) is 0.334. The molecular formula is C29H36N2O5. The van der Waals surface area contributed by atoms with Gasteiger partial charge in [-0.3, -0.25) is 14.5 Å². The highest BCUT2D eigenvalue weighted by Crippen LogP contribution is 2.54. The second kappa shape index (κ2) is 10.7. The summed E-state index contributed by atoms with van der Waals surface area (Å²) in [5.74, 6) is 1.09. The van der Waals surface area contributed by atoms with Crippen molar-refractivity contribution in [2.45, 2.75) is 56.6 Å². The van der Waals surface area contributed by atoms with Gasteiger partial charge in [-0.25, -0.2) is 0 Å². The van der Waals surface area contributed by atoms with Crippen molar-refractivity contribution in [3.63, 3.8) is 0 Å². The first-order valence-corrected chi connectivity index (χ1v) is 12.5. The van der Waals surface area contributed by atoms with Gasteiger partial charge in [0, 0.05) is 43.1 Å². The molecular weight excluding hydrogens is 456 g/mol. The molecule has 4 rings (SSSR count). The van der Waals surface area contributed by atoms with Crippen LogP contribution >= 0.6 is 0 Å². The van der Waals surface area contributed by atoms with Crippen LogP contribution in [0.15, 0.2) is 59.7 Å². The Labute approximate surface area is 213 Å². The molecule has 7 heteroatoms. The number of fused-ring (bicyclic) bond motifs is 1. The number of hydrogen-bond donors (Lipinski definition) is 1. The zero-order valence-electron chi connectivity index (χ0n) is 21.4. The molecule has 2 aromatic rings. The molecule has 1 saturated carbocycles. The van der Waals surface area contributed by atoms with Crippen molar-refractivity contribution in [3.8, 4) is 5.75 Å². The summed E-state index contributed by atoms with van der Waals surface area (Å²) in [7, 11) is 1.65. The van der Waals surface area contributed by atoms with Gasteiger partial charge in [0.2, 0.25) is 5.91 Å².